The van der Waals surface area contributed by atoms with E-state index in [-0.39, 0.29) is 36.2 Å². The maximum Gasteiger partial charge on any atom is 0.252 e. The van der Waals surface area contributed by atoms with Crippen LogP contribution in [0.5, 0.6) is 11.5 Å². The Balaban J connectivity index is 1.48. The highest BCUT2D eigenvalue weighted by Gasteiger charge is 2.48. The number of ketones is 1. The summed E-state index contributed by atoms with van der Waals surface area (Å²) in [5, 5.41) is 2.89. The summed E-state index contributed by atoms with van der Waals surface area (Å²) >= 11 is 0. The lowest BCUT2D eigenvalue weighted by atomic mass is 10.0. The molecule has 2 heterocycles. The van der Waals surface area contributed by atoms with Crippen molar-refractivity contribution in [2.75, 3.05) is 13.2 Å². The number of carbonyl (C=O) groups is 3. The number of benzene rings is 2. The molecular weight excluding hydrogens is 408 g/mol. The summed E-state index contributed by atoms with van der Waals surface area (Å²) in [4.78, 5) is 40.2. The lowest BCUT2D eigenvalue weighted by molar-refractivity contribution is -0.138. The van der Waals surface area contributed by atoms with E-state index in [2.05, 4.69) is 5.32 Å². The smallest absolute Gasteiger partial charge is 0.252 e. The van der Waals surface area contributed by atoms with E-state index >= 15 is 0 Å². The van der Waals surface area contributed by atoms with E-state index in [0.717, 1.165) is 0 Å². The zero-order chi connectivity index (χ0) is 22.7. The van der Waals surface area contributed by atoms with Crippen LogP contribution in [0.3, 0.4) is 0 Å². The van der Waals surface area contributed by atoms with Gasteiger partial charge in [0.05, 0.1) is 6.10 Å². The molecule has 2 aliphatic rings. The van der Waals surface area contributed by atoms with Crippen LogP contribution in [0.25, 0.3) is 0 Å². The highest BCUT2D eigenvalue weighted by molar-refractivity contribution is 5.99. The number of nitrogens with one attached hydrogen (secondary N) is 1. The van der Waals surface area contributed by atoms with Gasteiger partial charge in [0.2, 0.25) is 5.91 Å². The highest BCUT2D eigenvalue weighted by Crippen LogP contribution is 2.28. The van der Waals surface area contributed by atoms with Crippen LogP contribution in [0, 0.1) is 5.92 Å². The van der Waals surface area contributed by atoms with Gasteiger partial charge in [0.1, 0.15) is 30.2 Å². The minimum Gasteiger partial charge on any atom is -0.457 e. The predicted molar refractivity (Wildman–Crippen MR) is 119 cm³/mol. The average Bonchev–Trinajstić information content (AvgIpc) is 3.36. The number of rotatable bonds is 7. The lowest BCUT2D eigenvalue weighted by Gasteiger charge is -2.28. The molecule has 3 atom stereocenters. The minimum atomic E-state index is -0.714. The molecule has 7 heteroatoms. The van der Waals surface area contributed by atoms with Crippen LogP contribution in [0.4, 0.5) is 0 Å². The van der Waals surface area contributed by atoms with Crippen molar-refractivity contribution in [2.24, 2.45) is 5.92 Å². The van der Waals surface area contributed by atoms with Crippen LogP contribution in [-0.2, 0) is 14.3 Å². The first-order chi connectivity index (χ1) is 15.4. The van der Waals surface area contributed by atoms with Gasteiger partial charge in [-0.05, 0) is 49.1 Å². The van der Waals surface area contributed by atoms with Gasteiger partial charge in [0.15, 0.2) is 5.78 Å². The van der Waals surface area contributed by atoms with Crippen LogP contribution in [-0.4, -0.2) is 53.8 Å². The normalized spacial score (nSPS) is 20.8. The maximum absolute atomic E-state index is 13.3. The van der Waals surface area contributed by atoms with Crippen molar-refractivity contribution in [1.82, 2.24) is 10.2 Å². The molecule has 4 rings (SSSR count). The third-order valence-corrected chi connectivity index (χ3v) is 5.78. The van der Waals surface area contributed by atoms with Gasteiger partial charge in [-0.3, -0.25) is 14.4 Å². The van der Waals surface area contributed by atoms with Gasteiger partial charge in [-0.25, -0.2) is 0 Å². The zero-order valence-electron chi connectivity index (χ0n) is 18.3. The Labute approximate surface area is 187 Å². The van der Waals surface area contributed by atoms with Crippen molar-refractivity contribution in [1.29, 1.82) is 0 Å². The van der Waals surface area contributed by atoms with E-state index in [1.165, 1.54) is 0 Å². The predicted octanol–water partition coefficient (Wildman–Crippen LogP) is 3.19. The van der Waals surface area contributed by atoms with Gasteiger partial charge >= 0.3 is 0 Å². The molecule has 0 aromatic heterocycles. The van der Waals surface area contributed by atoms with E-state index in [1.54, 1.807) is 29.2 Å². The van der Waals surface area contributed by atoms with Crippen LogP contribution in [0.15, 0.2) is 54.6 Å². The molecule has 2 saturated heterocycles. The summed E-state index contributed by atoms with van der Waals surface area (Å²) in [6.07, 6.45) is 0.894. The van der Waals surface area contributed by atoms with Crippen molar-refractivity contribution in [3.05, 3.63) is 60.2 Å². The molecule has 2 aromatic carbocycles. The summed E-state index contributed by atoms with van der Waals surface area (Å²) in [6, 6.07) is 14.9. The monoisotopic (exact) mass is 436 g/mol. The molecule has 32 heavy (non-hydrogen) atoms. The molecule has 0 spiro atoms. The number of hydrogen-bond acceptors (Lipinski definition) is 5. The summed E-state index contributed by atoms with van der Waals surface area (Å²) in [6.45, 7) is 4.51. The van der Waals surface area contributed by atoms with Gasteiger partial charge in [0, 0.05) is 12.1 Å². The Hall–Kier alpha value is -3.19. The van der Waals surface area contributed by atoms with Gasteiger partial charge in [-0.2, -0.15) is 0 Å². The Bertz CT molecular complexity index is 991. The molecule has 0 aliphatic carbocycles. The van der Waals surface area contributed by atoms with Crippen LogP contribution in [0.1, 0.15) is 37.0 Å². The number of carbonyl (C=O) groups excluding carboxylic acids is 3. The molecule has 2 aromatic rings. The van der Waals surface area contributed by atoms with Gasteiger partial charge in [-0.15, -0.1) is 0 Å². The number of amides is 2. The van der Waals surface area contributed by atoms with Gasteiger partial charge < -0.3 is 19.7 Å². The molecule has 0 saturated carbocycles. The fourth-order valence-electron chi connectivity index (χ4n) is 4.30. The maximum atomic E-state index is 13.3. The Morgan fingerprint density at radius 3 is 2.62 bits per heavy atom. The second-order valence-electron chi connectivity index (χ2n) is 8.68. The third kappa shape index (κ3) is 4.83. The summed E-state index contributed by atoms with van der Waals surface area (Å²) < 4.78 is 11.3. The van der Waals surface area contributed by atoms with E-state index in [4.69, 9.17) is 9.47 Å². The summed E-state index contributed by atoms with van der Waals surface area (Å²) in [5.41, 5.74) is 0.402. The van der Waals surface area contributed by atoms with Crippen molar-refractivity contribution in [2.45, 2.75) is 44.9 Å². The zero-order valence-corrected chi connectivity index (χ0v) is 18.3. The lowest BCUT2D eigenvalue weighted by Crippen LogP contribution is -2.52. The summed E-state index contributed by atoms with van der Waals surface area (Å²) in [5.74, 6) is 0.742. The Morgan fingerprint density at radius 1 is 1.12 bits per heavy atom. The SMILES string of the molecule is CC(C)CC(NC(=O)c1cccc(Oc2ccccc2)c1)C(=O)N1CCC2OCC(=O)[C@H]21. The van der Waals surface area contributed by atoms with Crippen molar-refractivity contribution >= 4 is 17.6 Å². The Morgan fingerprint density at radius 2 is 1.88 bits per heavy atom. The first-order valence-corrected chi connectivity index (χ1v) is 11.0. The van der Waals surface area contributed by atoms with Crippen molar-refractivity contribution in [3.63, 3.8) is 0 Å². The number of para-hydroxylation sites is 1. The van der Waals surface area contributed by atoms with E-state index in [1.807, 2.05) is 44.2 Å². The fraction of sp³-hybridized carbons (Fsp3) is 0.400. The van der Waals surface area contributed by atoms with Crippen LogP contribution >= 0.6 is 0 Å². The number of fused-ring (bicyclic) bond motifs is 1. The number of ether oxygens (including phenoxy) is 2. The van der Waals surface area contributed by atoms with Crippen molar-refractivity contribution < 1.29 is 23.9 Å². The Kier molecular flexibility index (Phi) is 6.55. The van der Waals surface area contributed by atoms with Crippen molar-refractivity contribution in [3.8, 4) is 11.5 Å². The van der Waals surface area contributed by atoms with E-state index < -0.39 is 12.1 Å². The molecule has 2 amide bonds. The van der Waals surface area contributed by atoms with Crippen LogP contribution < -0.4 is 10.1 Å². The molecular formula is C25H28N2O5. The molecule has 2 fully saturated rings. The largest absolute Gasteiger partial charge is 0.457 e. The average molecular weight is 437 g/mol. The summed E-state index contributed by atoms with van der Waals surface area (Å²) in [7, 11) is 0. The first kappa shape index (κ1) is 22.0. The fourth-order valence-corrected chi connectivity index (χ4v) is 4.30. The molecule has 2 aliphatic heterocycles. The van der Waals surface area contributed by atoms with Gasteiger partial charge in [-0.1, -0.05) is 38.1 Å². The number of nitrogens with zero attached hydrogens (tertiary/aromatic N) is 1. The second-order valence-corrected chi connectivity index (χ2v) is 8.68. The minimum absolute atomic E-state index is 0.0501. The standard InChI is InChI=1S/C25H28N2O5/c1-16(2)13-20(25(30)27-12-11-22-23(27)21(28)15-31-22)26-24(29)17-7-6-10-19(14-17)32-18-8-4-3-5-9-18/h3-10,14,16,20,22-23H,11-13,15H2,1-2H3,(H,26,29)/t20?,22?,23-/m1/s1. The van der Waals surface area contributed by atoms with Gasteiger partial charge in [0.25, 0.3) is 5.91 Å². The molecule has 0 bridgehead atoms. The molecule has 168 valence electrons. The number of hydrogen-bond donors (Lipinski definition) is 1. The quantitative estimate of drug-likeness (QED) is 0.721. The molecule has 2 unspecified atom stereocenters. The third-order valence-electron chi connectivity index (χ3n) is 5.78. The number of Topliss-reactive ketones (excluding diaryl/α,β-unsaturated/α-hetero) is 1. The van der Waals surface area contributed by atoms with Crippen LogP contribution in [0.2, 0.25) is 0 Å². The highest BCUT2D eigenvalue weighted by atomic mass is 16.5. The first-order valence-electron chi connectivity index (χ1n) is 11.0. The second kappa shape index (κ2) is 9.53. The van der Waals surface area contributed by atoms with E-state index in [9.17, 15) is 14.4 Å². The molecule has 1 N–H and O–H groups in total. The molecule has 7 nitrogen and oxygen atoms in total. The topological polar surface area (TPSA) is 84.9 Å². The molecule has 0 radical (unpaired) electrons. The van der Waals surface area contributed by atoms with E-state index in [0.29, 0.717) is 36.4 Å². The number of likely N-dealkylation sites (tertiary alicyclic amines) is 1.